The first kappa shape index (κ1) is 16.8. The Morgan fingerprint density at radius 3 is 2.88 bits per heavy atom. The fraction of sp³-hybridized carbons (Fsp3) is 0.471. The van der Waals surface area contributed by atoms with Crippen LogP contribution in [0.2, 0.25) is 5.15 Å². The van der Waals surface area contributed by atoms with Crippen molar-refractivity contribution in [3.8, 4) is 0 Å². The second-order valence-corrected chi connectivity index (χ2v) is 6.39. The van der Waals surface area contributed by atoms with Crippen molar-refractivity contribution >= 4 is 40.1 Å². The lowest BCUT2D eigenvalue weighted by Crippen LogP contribution is -2.19. The van der Waals surface area contributed by atoms with Gasteiger partial charge in [0, 0.05) is 17.6 Å². The predicted molar refractivity (Wildman–Crippen MR) is 92.0 cm³/mol. The summed E-state index contributed by atoms with van der Waals surface area (Å²) in [5.41, 5.74) is 1.54. The van der Waals surface area contributed by atoms with Crippen LogP contribution in [0, 0.1) is 5.92 Å². The van der Waals surface area contributed by atoms with Crippen LogP contribution in [0.4, 0.5) is 5.69 Å². The summed E-state index contributed by atoms with van der Waals surface area (Å²) in [6.07, 6.45) is 3.46. The lowest BCUT2D eigenvalue weighted by molar-refractivity contribution is -0.145. The van der Waals surface area contributed by atoms with E-state index in [1.54, 1.807) is 19.1 Å². The molecule has 0 radical (unpaired) electrons. The molecule has 1 aromatic heterocycles. The van der Waals surface area contributed by atoms with Gasteiger partial charge < -0.3 is 10.1 Å². The van der Waals surface area contributed by atoms with Crippen molar-refractivity contribution in [2.45, 2.75) is 39.2 Å². The number of carbonyl (C=O) groups is 2. The first-order valence-corrected chi connectivity index (χ1v) is 8.56. The average molecular weight is 350 g/mol. The van der Waals surface area contributed by atoms with Gasteiger partial charge in [-0.15, -0.1) is 0 Å². The number of hydrogen-bond donors (Lipinski definition) is 1. The minimum Gasteiger partial charge on any atom is -0.466 e. The van der Waals surface area contributed by atoms with Crippen molar-refractivity contribution in [1.82, 2.24) is 9.78 Å². The molecule has 1 heterocycles. The number of rotatable bonds is 6. The van der Waals surface area contributed by atoms with E-state index in [0.29, 0.717) is 16.8 Å². The molecule has 0 saturated heterocycles. The van der Waals surface area contributed by atoms with Crippen molar-refractivity contribution < 1.29 is 14.3 Å². The molecule has 1 aromatic carbocycles. The Morgan fingerprint density at radius 1 is 1.42 bits per heavy atom. The summed E-state index contributed by atoms with van der Waals surface area (Å²) in [5.74, 6) is -0.277. The Bertz CT molecular complexity index is 768. The van der Waals surface area contributed by atoms with Crippen LogP contribution in [0.1, 0.15) is 32.6 Å². The average Bonchev–Trinajstić information content (AvgIpc) is 2.79. The number of anilines is 1. The van der Waals surface area contributed by atoms with Crippen molar-refractivity contribution in [2.75, 3.05) is 11.9 Å². The van der Waals surface area contributed by atoms with Gasteiger partial charge in [-0.25, -0.2) is 0 Å². The highest BCUT2D eigenvalue weighted by Gasteiger charge is 2.20. The second kappa shape index (κ2) is 7.21. The van der Waals surface area contributed by atoms with Gasteiger partial charge >= 0.3 is 5.97 Å². The van der Waals surface area contributed by atoms with Crippen molar-refractivity contribution in [3.63, 3.8) is 0 Å². The fourth-order valence-corrected chi connectivity index (χ4v) is 3.07. The molecule has 2 aromatic rings. The maximum absolute atomic E-state index is 11.9. The van der Waals surface area contributed by atoms with Gasteiger partial charge in [-0.1, -0.05) is 18.0 Å². The summed E-state index contributed by atoms with van der Waals surface area (Å²) in [5, 5.41) is 8.31. The fourth-order valence-electron chi connectivity index (χ4n) is 2.83. The molecular formula is C17H20ClN3O3. The SMILES string of the molecule is CCOC(=O)CC(=O)Nc1ccc2c(c1)c(Cl)nn2CC1CCC1. The maximum atomic E-state index is 11.9. The molecule has 0 aliphatic heterocycles. The van der Waals surface area contributed by atoms with Gasteiger partial charge in [0.05, 0.1) is 12.1 Å². The number of fused-ring (bicyclic) bond motifs is 1. The van der Waals surface area contributed by atoms with E-state index in [-0.39, 0.29) is 13.0 Å². The van der Waals surface area contributed by atoms with E-state index >= 15 is 0 Å². The molecule has 0 atom stereocenters. The molecule has 1 aliphatic rings. The molecule has 1 fully saturated rings. The zero-order valence-corrected chi connectivity index (χ0v) is 14.3. The van der Waals surface area contributed by atoms with Gasteiger partial charge in [-0.3, -0.25) is 14.3 Å². The maximum Gasteiger partial charge on any atom is 0.315 e. The number of amides is 1. The molecule has 128 valence electrons. The number of esters is 1. The predicted octanol–water partition coefficient (Wildman–Crippen LogP) is 3.38. The second-order valence-electron chi connectivity index (χ2n) is 6.03. The standard InChI is InChI=1S/C17H20ClN3O3/c1-2-24-16(23)9-15(22)19-12-6-7-14-13(8-12)17(18)20-21(14)10-11-4-3-5-11/h6-8,11H,2-5,9-10H2,1H3,(H,19,22). The summed E-state index contributed by atoms with van der Waals surface area (Å²) in [4.78, 5) is 23.2. The molecule has 1 N–H and O–H groups in total. The quantitative estimate of drug-likeness (QED) is 0.641. The van der Waals surface area contributed by atoms with E-state index in [1.807, 2.05) is 10.7 Å². The number of ether oxygens (including phenoxy) is 1. The number of hydrogen-bond acceptors (Lipinski definition) is 4. The Kier molecular flexibility index (Phi) is 5.04. The van der Waals surface area contributed by atoms with Crippen LogP contribution in [-0.4, -0.2) is 28.3 Å². The highest BCUT2D eigenvalue weighted by molar-refractivity contribution is 6.34. The molecule has 0 spiro atoms. The topological polar surface area (TPSA) is 73.2 Å². The monoisotopic (exact) mass is 349 g/mol. The summed E-state index contributed by atoms with van der Waals surface area (Å²) < 4.78 is 6.70. The third-order valence-corrected chi connectivity index (χ3v) is 4.53. The van der Waals surface area contributed by atoms with Crippen molar-refractivity contribution in [1.29, 1.82) is 0 Å². The minimum atomic E-state index is -0.539. The van der Waals surface area contributed by atoms with Crippen LogP contribution in [0.25, 0.3) is 10.9 Å². The summed E-state index contributed by atoms with van der Waals surface area (Å²) in [7, 11) is 0. The van der Waals surface area contributed by atoms with Gasteiger partial charge in [-0.05, 0) is 43.9 Å². The number of halogens is 1. The first-order valence-electron chi connectivity index (χ1n) is 8.18. The summed E-state index contributed by atoms with van der Waals surface area (Å²) >= 11 is 6.24. The van der Waals surface area contributed by atoms with Gasteiger partial charge in [0.15, 0.2) is 5.15 Å². The van der Waals surface area contributed by atoms with Crippen LogP contribution in [0.5, 0.6) is 0 Å². The van der Waals surface area contributed by atoms with E-state index < -0.39 is 11.9 Å². The molecule has 24 heavy (non-hydrogen) atoms. The van der Waals surface area contributed by atoms with Crippen LogP contribution < -0.4 is 5.32 Å². The van der Waals surface area contributed by atoms with E-state index in [2.05, 4.69) is 10.4 Å². The van der Waals surface area contributed by atoms with E-state index in [9.17, 15) is 9.59 Å². The van der Waals surface area contributed by atoms with Crippen molar-refractivity contribution in [2.24, 2.45) is 5.92 Å². The zero-order valence-electron chi connectivity index (χ0n) is 13.5. The largest absolute Gasteiger partial charge is 0.466 e. The van der Waals surface area contributed by atoms with E-state index in [0.717, 1.165) is 17.4 Å². The molecule has 1 saturated carbocycles. The van der Waals surface area contributed by atoms with Crippen LogP contribution >= 0.6 is 11.6 Å². The molecule has 6 nitrogen and oxygen atoms in total. The molecule has 1 aliphatic carbocycles. The summed E-state index contributed by atoms with van der Waals surface area (Å²) in [6.45, 7) is 2.83. The lowest BCUT2D eigenvalue weighted by Gasteiger charge is -2.25. The molecular weight excluding hydrogens is 330 g/mol. The summed E-state index contributed by atoms with van der Waals surface area (Å²) in [6, 6.07) is 5.47. The van der Waals surface area contributed by atoms with Crippen molar-refractivity contribution in [3.05, 3.63) is 23.4 Å². The van der Waals surface area contributed by atoms with Gasteiger partial charge in [0.25, 0.3) is 0 Å². The van der Waals surface area contributed by atoms with Crippen LogP contribution in [-0.2, 0) is 20.9 Å². The highest BCUT2D eigenvalue weighted by atomic mass is 35.5. The Morgan fingerprint density at radius 2 is 2.21 bits per heavy atom. The highest BCUT2D eigenvalue weighted by Crippen LogP contribution is 2.31. The minimum absolute atomic E-state index is 0.258. The number of nitrogens with one attached hydrogen (secondary N) is 1. The molecule has 0 unspecified atom stereocenters. The molecule has 1 amide bonds. The normalized spacial score (nSPS) is 14.4. The number of carbonyl (C=O) groups excluding carboxylic acids is 2. The van der Waals surface area contributed by atoms with Gasteiger partial charge in [0.1, 0.15) is 6.42 Å². The van der Waals surface area contributed by atoms with Crippen LogP contribution in [0.3, 0.4) is 0 Å². The van der Waals surface area contributed by atoms with E-state index in [4.69, 9.17) is 16.3 Å². The number of aromatic nitrogens is 2. The first-order chi connectivity index (χ1) is 11.6. The Labute approximate surface area is 145 Å². The third kappa shape index (κ3) is 3.70. The zero-order chi connectivity index (χ0) is 17.1. The lowest BCUT2D eigenvalue weighted by atomic mass is 9.85. The van der Waals surface area contributed by atoms with Gasteiger partial charge in [-0.2, -0.15) is 5.10 Å². The molecule has 0 bridgehead atoms. The number of benzene rings is 1. The van der Waals surface area contributed by atoms with E-state index in [1.165, 1.54) is 19.3 Å². The Balaban J connectivity index is 1.72. The number of nitrogens with zero attached hydrogens (tertiary/aromatic N) is 2. The smallest absolute Gasteiger partial charge is 0.315 e. The molecule has 3 rings (SSSR count). The Hall–Kier alpha value is -2.08. The molecule has 7 heteroatoms. The van der Waals surface area contributed by atoms with Gasteiger partial charge in [0.2, 0.25) is 5.91 Å². The third-order valence-electron chi connectivity index (χ3n) is 4.26. The van der Waals surface area contributed by atoms with Crippen LogP contribution in [0.15, 0.2) is 18.2 Å².